The number of carbonyl (C=O) groups is 1. The van der Waals surface area contributed by atoms with Crippen molar-refractivity contribution in [1.82, 2.24) is 4.90 Å². The molecule has 2 aromatic rings. The maximum Gasteiger partial charge on any atom is 0.223 e. The highest BCUT2D eigenvalue weighted by molar-refractivity contribution is 7.15. The highest BCUT2D eigenvalue weighted by Gasteiger charge is 2.23. The molecule has 25 heavy (non-hydrogen) atoms. The zero-order chi connectivity index (χ0) is 17.8. The lowest BCUT2D eigenvalue weighted by Gasteiger charge is -2.20. The first kappa shape index (κ1) is 17.5. The number of benzene rings is 1. The topological polar surface area (TPSA) is 38.8 Å². The Kier molecular flexibility index (Phi) is 5.43. The fourth-order valence-corrected chi connectivity index (χ4v) is 3.82. The molecule has 0 radical (unpaired) electrons. The van der Waals surface area contributed by atoms with E-state index in [1.807, 2.05) is 11.0 Å². The number of aryl methyl sites for hydroxylation is 1. The van der Waals surface area contributed by atoms with Gasteiger partial charge in [-0.25, -0.2) is 0 Å². The lowest BCUT2D eigenvalue weighted by Crippen LogP contribution is -2.32. The van der Waals surface area contributed by atoms with Crippen molar-refractivity contribution in [2.24, 2.45) is 0 Å². The first-order chi connectivity index (χ1) is 12.1. The SMILES string of the molecule is C=CCCC(=O)N1CCOc2c(cc(-c3ccc(C)s3)cc2OC)C1. The standard InChI is InChI=1S/C20H23NO3S/c1-4-5-6-19(22)21-9-10-24-20-16(13-21)11-15(12-17(20)23-3)18-8-7-14(2)25-18/h4,7-8,11-12H,1,5-6,9-10,13H2,2-3H3. The Morgan fingerprint density at radius 2 is 2.28 bits per heavy atom. The quantitative estimate of drug-likeness (QED) is 0.744. The van der Waals surface area contributed by atoms with Crippen LogP contribution in [0.15, 0.2) is 36.9 Å². The maximum atomic E-state index is 12.4. The number of methoxy groups -OCH3 is 1. The molecule has 0 unspecified atom stereocenters. The third-order valence-corrected chi connectivity index (χ3v) is 5.31. The molecule has 0 saturated heterocycles. The minimum atomic E-state index is 0.132. The number of rotatable bonds is 5. The van der Waals surface area contributed by atoms with Gasteiger partial charge in [0.15, 0.2) is 11.5 Å². The van der Waals surface area contributed by atoms with E-state index in [1.54, 1.807) is 24.5 Å². The molecule has 0 N–H and O–H groups in total. The first-order valence-corrected chi connectivity index (χ1v) is 9.23. The van der Waals surface area contributed by atoms with Crippen molar-refractivity contribution >= 4 is 17.2 Å². The number of allylic oxidation sites excluding steroid dienone is 1. The zero-order valence-electron chi connectivity index (χ0n) is 14.7. The molecule has 0 bridgehead atoms. The Labute approximate surface area is 152 Å². The van der Waals surface area contributed by atoms with Gasteiger partial charge in [-0.1, -0.05) is 6.08 Å². The van der Waals surface area contributed by atoms with Gasteiger partial charge in [0.25, 0.3) is 0 Å². The van der Waals surface area contributed by atoms with Crippen molar-refractivity contribution in [3.8, 4) is 21.9 Å². The largest absolute Gasteiger partial charge is 0.493 e. The van der Waals surface area contributed by atoms with Gasteiger partial charge in [-0.15, -0.1) is 17.9 Å². The first-order valence-electron chi connectivity index (χ1n) is 8.41. The van der Waals surface area contributed by atoms with Crippen LogP contribution in [0.3, 0.4) is 0 Å². The highest BCUT2D eigenvalue weighted by atomic mass is 32.1. The van der Waals surface area contributed by atoms with Crippen LogP contribution in [0.1, 0.15) is 23.3 Å². The summed E-state index contributed by atoms with van der Waals surface area (Å²) < 4.78 is 11.5. The Morgan fingerprint density at radius 3 is 2.96 bits per heavy atom. The van der Waals surface area contributed by atoms with Crippen molar-refractivity contribution < 1.29 is 14.3 Å². The van der Waals surface area contributed by atoms with E-state index in [-0.39, 0.29) is 5.91 Å². The molecule has 1 amide bonds. The van der Waals surface area contributed by atoms with Gasteiger partial charge in [-0.05, 0) is 43.2 Å². The van der Waals surface area contributed by atoms with Crippen LogP contribution in [0.5, 0.6) is 11.5 Å². The highest BCUT2D eigenvalue weighted by Crippen LogP contribution is 2.40. The molecule has 1 aromatic heterocycles. The van der Waals surface area contributed by atoms with Crippen LogP contribution in [-0.2, 0) is 11.3 Å². The van der Waals surface area contributed by atoms with Crippen molar-refractivity contribution in [2.45, 2.75) is 26.3 Å². The van der Waals surface area contributed by atoms with E-state index in [1.165, 1.54) is 9.75 Å². The Hall–Kier alpha value is -2.27. The van der Waals surface area contributed by atoms with Gasteiger partial charge in [0.2, 0.25) is 5.91 Å². The molecule has 0 spiro atoms. The van der Waals surface area contributed by atoms with Crippen LogP contribution in [0.25, 0.3) is 10.4 Å². The Bertz CT molecular complexity index is 781. The second-order valence-corrected chi connectivity index (χ2v) is 7.36. The van der Waals surface area contributed by atoms with Crippen LogP contribution >= 0.6 is 11.3 Å². The number of carbonyl (C=O) groups excluding carboxylic acids is 1. The van der Waals surface area contributed by atoms with E-state index in [0.717, 1.165) is 22.6 Å². The predicted molar refractivity (Wildman–Crippen MR) is 101 cm³/mol. The molecular formula is C20H23NO3S. The molecule has 3 rings (SSSR count). The maximum absolute atomic E-state index is 12.4. The summed E-state index contributed by atoms with van der Waals surface area (Å²) in [7, 11) is 1.65. The molecule has 132 valence electrons. The van der Waals surface area contributed by atoms with Crippen LogP contribution in [0.2, 0.25) is 0 Å². The zero-order valence-corrected chi connectivity index (χ0v) is 15.5. The van der Waals surface area contributed by atoms with Gasteiger partial charge in [0.05, 0.1) is 13.7 Å². The number of nitrogens with zero attached hydrogens (tertiary/aromatic N) is 1. The molecule has 4 nitrogen and oxygen atoms in total. The van der Waals surface area contributed by atoms with E-state index in [0.29, 0.717) is 32.5 Å². The van der Waals surface area contributed by atoms with E-state index in [4.69, 9.17) is 9.47 Å². The van der Waals surface area contributed by atoms with Crippen molar-refractivity contribution in [2.75, 3.05) is 20.3 Å². The summed E-state index contributed by atoms with van der Waals surface area (Å²) in [5.41, 5.74) is 2.09. The average Bonchev–Trinajstić information content (AvgIpc) is 2.93. The van der Waals surface area contributed by atoms with Gasteiger partial charge < -0.3 is 14.4 Å². The predicted octanol–water partition coefficient (Wildman–Crippen LogP) is 4.42. The molecule has 0 aliphatic carbocycles. The summed E-state index contributed by atoms with van der Waals surface area (Å²) in [5.74, 6) is 1.60. The summed E-state index contributed by atoms with van der Waals surface area (Å²) >= 11 is 1.75. The van der Waals surface area contributed by atoms with Crippen LogP contribution < -0.4 is 9.47 Å². The fraction of sp³-hybridized carbons (Fsp3) is 0.350. The summed E-state index contributed by atoms with van der Waals surface area (Å²) in [5, 5.41) is 0. The summed E-state index contributed by atoms with van der Waals surface area (Å²) in [6, 6.07) is 8.35. The molecule has 2 heterocycles. The molecular weight excluding hydrogens is 334 g/mol. The molecule has 1 aromatic carbocycles. The summed E-state index contributed by atoms with van der Waals surface area (Å²) in [6.45, 7) is 7.39. The lowest BCUT2D eigenvalue weighted by molar-refractivity contribution is -0.131. The van der Waals surface area contributed by atoms with Gasteiger partial charge in [0, 0.05) is 28.3 Å². The number of amides is 1. The second-order valence-electron chi connectivity index (χ2n) is 6.07. The lowest BCUT2D eigenvalue weighted by atomic mass is 10.1. The third kappa shape index (κ3) is 3.87. The van der Waals surface area contributed by atoms with E-state index in [2.05, 4.69) is 31.7 Å². The van der Waals surface area contributed by atoms with Crippen molar-refractivity contribution in [3.63, 3.8) is 0 Å². The van der Waals surface area contributed by atoms with Crippen molar-refractivity contribution in [1.29, 1.82) is 0 Å². The summed E-state index contributed by atoms with van der Waals surface area (Å²) in [4.78, 5) is 16.7. The second kappa shape index (κ2) is 7.74. The Balaban J connectivity index is 1.95. The third-order valence-electron chi connectivity index (χ3n) is 4.26. The van der Waals surface area contributed by atoms with E-state index >= 15 is 0 Å². The molecule has 1 aliphatic rings. The smallest absolute Gasteiger partial charge is 0.223 e. The molecule has 5 heteroatoms. The van der Waals surface area contributed by atoms with Gasteiger partial charge >= 0.3 is 0 Å². The molecule has 0 saturated carbocycles. The van der Waals surface area contributed by atoms with Crippen LogP contribution in [0.4, 0.5) is 0 Å². The van der Waals surface area contributed by atoms with Crippen LogP contribution in [0, 0.1) is 6.92 Å². The van der Waals surface area contributed by atoms with Gasteiger partial charge in [0.1, 0.15) is 6.61 Å². The van der Waals surface area contributed by atoms with Gasteiger partial charge in [-0.3, -0.25) is 4.79 Å². The minimum absolute atomic E-state index is 0.132. The van der Waals surface area contributed by atoms with E-state index < -0.39 is 0 Å². The van der Waals surface area contributed by atoms with E-state index in [9.17, 15) is 4.79 Å². The molecule has 0 fully saturated rings. The number of ether oxygens (including phenoxy) is 2. The molecule has 0 atom stereocenters. The fourth-order valence-electron chi connectivity index (χ4n) is 2.96. The molecule has 1 aliphatic heterocycles. The average molecular weight is 357 g/mol. The Morgan fingerprint density at radius 1 is 1.44 bits per heavy atom. The van der Waals surface area contributed by atoms with Gasteiger partial charge in [-0.2, -0.15) is 0 Å². The number of fused-ring (bicyclic) bond motifs is 1. The normalized spacial score (nSPS) is 13.6. The minimum Gasteiger partial charge on any atom is -0.493 e. The summed E-state index contributed by atoms with van der Waals surface area (Å²) in [6.07, 6.45) is 2.96. The number of hydrogen-bond donors (Lipinski definition) is 0. The van der Waals surface area contributed by atoms with Crippen molar-refractivity contribution in [3.05, 3.63) is 47.4 Å². The monoisotopic (exact) mass is 357 g/mol. The van der Waals surface area contributed by atoms with Crippen LogP contribution in [-0.4, -0.2) is 31.1 Å². The number of thiophene rings is 1. The number of hydrogen-bond acceptors (Lipinski definition) is 4.